The third-order valence-electron chi connectivity index (χ3n) is 7.07. The van der Waals surface area contributed by atoms with Crippen molar-refractivity contribution in [3.8, 4) is 34.1 Å². The van der Waals surface area contributed by atoms with E-state index in [0.717, 1.165) is 12.8 Å². The molecule has 1 aliphatic rings. The molecule has 2 aromatic carbocycles. The number of carbonyl (C=O) groups excluding carboxylic acids is 1. The Morgan fingerprint density at radius 2 is 1.51 bits per heavy atom. The summed E-state index contributed by atoms with van der Waals surface area (Å²) < 4.78 is 27.8. The van der Waals surface area contributed by atoms with Gasteiger partial charge in [0.2, 0.25) is 6.29 Å². The van der Waals surface area contributed by atoms with Gasteiger partial charge >= 0.3 is 11.9 Å². The Morgan fingerprint density at radius 1 is 0.884 bits per heavy atom. The fourth-order valence-corrected chi connectivity index (χ4v) is 4.63. The predicted octanol–water partition coefficient (Wildman–Crippen LogP) is 1.55. The van der Waals surface area contributed by atoms with Crippen LogP contribution in [0.4, 0.5) is 0 Å². The van der Waals surface area contributed by atoms with Crippen LogP contribution in [0.2, 0.25) is 0 Å². The van der Waals surface area contributed by atoms with Gasteiger partial charge in [-0.1, -0.05) is 13.3 Å². The van der Waals surface area contributed by atoms with Gasteiger partial charge in [-0.25, -0.2) is 0 Å². The maximum atomic E-state index is 12.3. The molecule has 0 saturated carbocycles. The molecule has 0 aliphatic carbocycles. The fraction of sp³-hybridized carbons (Fsp3) is 0.533. The molecule has 0 aromatic heterocycles. The van der Waals surface area contributed by atoms with Crippen LogP contribution >= 0.6 is 0 Å². The van der Waals surface area contributed by atoms with Crippen molar-refractivity contribution in [3.05, 3.63) is 35.4 Å². The number of unbranched alkanes of at least 4 members (excludes halogenated alkanes) is 1. The van der Waals surface area contributed by atoms with Crippen LogP contribution < -0.4 is 14.2 Å². The van der Waals surface area contributed by atoms with E-state index in [1.807, 2.05) is 6.92 Å². The first-order chi connectivity index (χ1) is 20.5. The van der Waals surface area contributed by atoms with E-state index in [1.54, 1.807) is 18.2 Å². The standard InChI is InChI=1S/C30H40O13/c1-4-5-10-41-24(34)9-7-17-12-19(18-11-16(6-8-23(32)33)13-20(39-2)25(18)35)29(21(14-17)40-3)43-30-28(38)27(37)26(36)22(15-31)42-30/h11-14,22,26-28,30-31,35-38H,4-10,15H2,1-3H3,(H,32,33)/t22-,26-,27+,28-,30+/m1/s1. The van der Waals surface area contributed by atoms with Crippen LogP contribution in [0.25, 0.3) is 11.1 Å². The molecule has 1 heterocycles. The summed E-state index contributed by atoms with van der Waals surface area (Å²) in [6.07, 6.45) is -6.07. The minimum atomic E-state index is -1.74. The number of carbonyl (C=O) groups is 2. The van der Waals surface area contributed by atoms with Gasteiger partial charge in [-0.05, 0) is 54.7 Å². The average Bonchev–Trinajstić information content (AvgIpc) is 2.99. The summed E-state index contributed by atoms with van der Waals surface area (Å²) in [5.41, 5.74) is 1.48. The molecule has 0 bridgehead atoms. The van der Waals surface area contributed by atoms with Crippen molar-refractivity contribution < 1.29 is 63.9 Å². The van der Waals surface area contributed by atoms with E-state index in [1.165, 1.54) is 20.3 Å². The van der Waals surface area contributed by atoms with E-state index in [4.69, 9.17) is 23.7 Å². The highest BCUT2D eigenvalue weighted by Crippen LogP contribution is 2.47. The second kappa shape index (κ2) is 15.7. The van der Waals surface area contributed by atoms with Crippen LogP contribution in [0.5, 0.6) is 23.0 Å². The number of aliphatic hydroxyl groups is 4. The molecule has 2 aromatic rings. The van der Waals surface area contributed by atoms with E-state index < -0.39 is 49.3 Å². The minimum Gasteiger partial charge on any atom is -0.504 e. The van der Waals surface area contributed by atoms with Gasteiger partial charge in [0.15, 0.2) is 23.0 Å². The smallest absolute Gasteiger partial charge is 0.306 e. The Labute approximate surface area is 249 Å². The molecule has 0 spiro atoms. The zero-order valence-electron chi connectivity index (χ0n) is 24.4. The molecular weight excluding hydrogens is 568 g/mol. The summed E-state index contributed by atoms with van der Waals surface area (Å²) in [6, 6.07) is 6.27. The highest BCUT2D eigenvalue weighted by atomic mass is 16.7. The number of aryl methyl sites for hydroxylation is 2. The highest BCUT2D eigenvalue weighted by Gasteiger charge is 2.45. The number of aromatic hydroxyl groups is 1. The van der Waals surface area contributed by atoms with Crippen molar-refractivity contribution in [1.82, 2.24) is 0 Å². The van der Waals surface area contributed by atoms with Gasteiger partial charge in [0, 0.05) is 24.0 Å². The van der Waals surface area contributed by atoms with Crippen molar-refractivity contribution in [2.75, 3.05) is 27.4 Å². The van der Waals surface area contributed by atoms with Crippen molar-refractivity contribution >= 4 is 11.9 Å². The lowest BCUT2D eigenvalue weighted by atomic mass is 9.95. The van der Waals surface area contributed by atoms with E-state index in [0.29, 0.717) is 17.7 Å². The maximum absolute atomic E-state index is 12.3. The summed E-state index contributed by atoms with van der Waals surface area (Å²) >= 11 is 0. The van der Waals surface area contributed by atoms with Crippen LogP contribution in [0.15, 0.2) is 24.3 Å². The molecule has 1 fully saturated rings. The number of aliphatic carboxylic acids is 1. The van der Waals surface area contributed by atoms with Gasteiger partial charge < -0.3 is 54.3 Å². The molecule has 3 rings (SSSR count). The molecule has 1 aliphatic heterocycles. The Bertz CT molecular complexity index is 1250. The first kappa shape index (κ1) is 33.9. The lowest BCUT2D eigenvalue weighted by molar-refractivity contribution is -0.277. The number of esters is 1. The number of rotatable bonds is 15. The predicted molar refractivity (Wildman–Crippen MR) is 151 cm³/mol. The number of carboxylic acids is 1. The SMILES string of the molecule is CCCCOC(=O)CCc1cc(OC)c(O[C@@H]2O[C@H](CO)[C@@H](O)[C@H](O)[C@H]2O)c(-c2cc(CCC(=O)O)cc(OC)c2O)c1. The highest BCUT2D eigenvalue weighted by molar-refractivity contribution is 5.82. The second-order valence-electron chi connectivity index (χ2n) is 10.2. The molecular formula is C30H40O13. The third-order valence-corrected chi connectivity index (χ3v) is 7.07. The zero-order valence-corrected chi connectivity index (χ0v) is 24.4. The number of phenols is 1. The zero-order chi connectivity index (χ0) is 31.7. The minimum absolute atomic E-state index is 0.0474. The van der Waals surface area contributed by atoms with Gasteiger partial charge in [-0.3, -0.25) is 9.59 Å². The van der Waals surface area contributed by atoms with Gasteiger partial charge in [-0.2, -0.15) is 0 Å². The van der Waals surface area contributed by atoms with Crippen LogP contribution in [0.3, 0.4) is 0 Å². The van der Waals surface area contributed by atoms with Gasteiger partial charge in [0.1, 0.15) is 24.4 Å². The number of hydrogen-bond acceptors (Lipinski definition) is 12. The van der Waals surface area contributed by atoms with Crippen LogP contribution in [0.1, 0.15) is 43.7 Å². The van der Waals surface area contributed by atoms with Gasteiger partial charge in [0.25, 0.3) is 0 Å². The van der Waals surface area contributed by atoms with Crippen LogP contribution in [-0.4, -0.2) is 101 Å². The number of carboxylic acid groups (broad SMARTS) is 1. The van der Waals surface area contributed by atoms with Gasteiger partial charge in [-0.15, -0.1) is 0 Å². The number of phenolic OH excluding ortho intramolecular Hbond substituents is 1. The lowest BCUT2D eigenvalue weighted by Crippen LogP contribution is -2.60. The monoisotopic (exact) mass is 608 g/mol. The third kappa shape index (κ3) is 8.48. The Kier molecular flexibility index (Phi) is 12.4. The molecule has 0 amide bonds. The van der Waals surface area contributed by atoms with E-state index in [9.17, 15) is 40.2 Å². The van der Waals surface area contributed by atoms with E-state index in [2.05, 4.69) is 0 Å². The first-order valence-electron chi connectivity index (χ1n) is 14.0. The molecule has 5 atom stereocenters. The lowest BCUT2D eigenvalue weighted by Gasteiger charge is -2.40. The Balaban J connectivity index is 2.12. The molecule has 13 heteroatoms. The second-order valence-corrected chi connectivity index (χ2v) is 10.2. The number of hydrogen-bond donors (Lipinski definition) is 6. The normalized spacial score (nSPS) is 21.7. The topological polar surface area (TPSA) is 202 Å². The summed E-state index contributed by atoms with van der Waals surface area (Å²) in [6.45, 7) is 1.62. The molecule has 13 nitrogen and oxygen atoms in total. The van der Waals surface area contributed by atoms with E-state index >= 15 is 0 Å². The molecule has 43 heavy (non-hydrogen) atoms. The summed E-state index contributed by atoms with van der Waals surface area (Å²) in [4.78, 5) is 23.5. The molecule has 238 valence electrons. The number of ether oxygens (including phenoxy) is 5. The van der Waals surface area contributed by atoms with Crippen LogP contribution in [-0.2, 0) is 31.9 Å². The van der Waals surface area contributed by atoms with Crippen LogP contribution in [0, 0.1) is 0 Å². The molecule has 0 radical (unpaired) electrons. The van der Waals surface area contributed by atoms with Crippen molar-refractivity contribution in [1.29, 1.82) is 0 Å². The summed E-state index contributed by atoms with van der Waals surface area (Å²) in [7, 11) is 2.69. The fourth-order valence-electron chi connectivity index (χ4n) is 4.63. The van der Waals surface area contributed by atoms with Crippen molar-refractivity contribution in [2.45, 2.75) is 76.2 Å². The number of benzene rings is 2. The van der Waals surface area contributed by atoms with Gasteiger partial charge in [0.05, 0.1) is 27.4 Å². The quantitative estimate of drug-likeness (QED) is 0.126. The summed E-state index contributed by atoms with van der Waals surface area (Å²) in [5.74, 6) is -1.60. The number of aliphatic hydroxyl groups excluding tert-OH is 4. The number of methoxy groups -OCH3 is 2. The Morgan fingerprint density at radius 3 is 2.12 bits per heavy atom. The molecule has 6 N–H and O–H groups in total. The molecule has 1 saturated heterocycles. The summed E-state index contributed by atoms with van der Waals surface area (Å²) in [5, 5.41) is 61.1. The maximum Gasteiger partial charge on any atom is 0.306 e. The largest absolute Gasteiger partial charge is 0.504 e. The van der Waals surface area contributed by atoms with Crippen molar-refractivity contribution in [3.63, 3.8) is 0 Å². The average molecular weight is 609 g/mol. The van der Waals surface area contributed by atoms with E-state index in [-0.39, 0.29) is 59.8 Å². The Hall–Kier alpha value is -3.62. The van der Waals surface area contributed by atoms with Crippen molar-refractivity contribution in [2.24, 2.45) is 0 Å². The first-order valence-corrected chi connectivity index (χ1v) is 14.0. The molecule has 0 unspecified atom stereocenters.